The third-order valence-electron chi connectivity index (χ3n) is 4.21. The van der Waals surface area contributed by atoms with Gasteiger partial charge >= 0.3 is 6.03 Å². The number of nitrogens with zero attached hydrogens (tertiary/aromatic N) is 2. The molecule has 6 heteroatoms. The lowest BCUT2D eigenvalue weighted by molar-refractivity contribution is -0.118. The van der Waals surface area contributed by atoms with Crippen molar-refractivity contribution in [2.75, 3.05) is 13.1 Å². The number of hydrogen-bond donors (Lipinski definition) is 2. The van der Waals surface area contributed by atoms with Crippen molar-refractivity contribution in [2.24, 2.45) is 5.73 Å². The second-order valence-corrected chi connectivity index (χ2v) is 6.35. The molecule has 2 aromatic rings. The topological polar surface area (TPSA) is 88.3 Å². The number of rotatable bonds is 8. The maximum atomic E-state index is 12.6. The molecule has 138 valence electrons. The van der Waals surface area contributed by atoms with Gasteiger partial charge in [-0.05, 0) is 43.0 Å². The first-order valence-electron chi connectivity index (χ1n) is 8.73. The number of hydrogen-bond acceptors (Lipinski definition) is 3. The van der Waals surface area contributed by atoms with Crippen LogP contribution >= 0.6 is 0 Å². The Morgan fingerprint density at radius 1 is 1.15 bits per heavy atom. The van der Waals surface area contributed by atoms with Crippen molar-refractivity contribution in [3.8, 4) is 0 Å². The number of nitrogens with two attached hydrogens (primary N) is 1. The summed E-state index contributed by atoms with van der Waals surface area (Å²) in [6.45, 7) is 5.16. The molecule has 0 aliphatic carbocycles. The number of primary amides is 1. The van der Waals surface area contributed by atoms with Crippen LogP contribution in [0.2, 0.25) is 0 Å². The van der Waals surface area contributed by atoms with Gasteiger partial charge in [-0.1, -0.05) is 30.3 Å². The highest BCUT2D eigenvalue weighted by atomic mass is 16.2. The molecule has 2 rings (SSSR count). The van der Waals surface area contributed by atoms with E-state index in [1.807, 2.05) is 50.2 Å². The van der Waals surface area contributed by atoms with E-state index < -0.39 is 5.91 Å². The van der Waals surface area contributed by atoms with Crippen molar-refractivity contribution in [1.29, 1.82) is 0 Å². The standard InChI is InChI=1S/C20H26N4O2/c1-15-12-16(2)22-13-18(15)14-23-20(26)24(11-9-19(21)25)10-8-17-6-4-3-5-7-17/h3-7,12-13H,8-11,14H2,1-2H3,(H2,21,25)(H,23,26). The fourth-order valence-corrected chi connectivity index (χ4v) is 2.66. The van der Waals surface area contributed by atoms with Crippen molar-refractivity contribution < 1.29 is 9.59 Å². The first-order chi connectivity index (χ1) is 12.5. The normalized spacial score (nSPS) is 10.4. The lowest BCUT2D eigenvalue weighted by atomic mass is 10.1. The maximum absolute atomic E-state index is 12.6. The van der Waals surface area contributed by atoms with E-state index in [2.05, 4.69) is 10.3 Å². The van der Waals surface area contributed by atoms with Crippen LogP contribution in [-0.2, 0) is 17.8 Å². The van der Waals surface area contributed by atoms with Gasteiger partial charge in [0.25, 0.3) is 0 Å². The smallest absolute Gasteiger partial charge is 0.317 e. The van der Waals surface area contributed by atoms with E-state index in [0.717, 1.165) is 28.8 Å². The number of carbonyl (C=O) groups is 2. The molecule has 0 saturated heterocycles. The quantitative estimate of drug-likeness (QED) is 0.762. The minimum Gasteiger partial charge on any atom is -0.370 e. The lowest BCUT2D eigenvalue weighted by Gasteiger charge is -2.23. The van der Waals surface area contributed by atoms with Crippen molar-refractivity contribution in [3.05, 3.63) is 65.0 Å². The number of carbonyl (C=O) groups excluding carboxylic acids is 2. The largest absolute Gasteiger partial charge is 0.370 e. The van der Waals surface area contributed by atoms with Crippen LogP contribution in [0, 0.1) is 13.8 Å². The number of pyridine rings is 1. The van der Waals surface area contributed by atoms with Crippen LogP contribution in [-0.4, -0.2) is 34.9 Å². The maximum Gasteiger partial charge on any atom is 0.317 e. The molecule has 0 saturated carbocycles. The minimum absolute atomic E-state index is 0.146. The van der Waals surface area contributed by atoms with Crippen LogP contribution in [0.1, 0.15) is 28.8 Å². The van der Waals surface area contributed by atoms with Crippen LogP contribution in [0.25, 0.3) is 0 Å². The summed E-state index contributed by atoms with van der Waals surface area (Å²) in [6, 6.07) is 11.7. The molecule has 0 spiro atoms. The average molecular weight is 354 g/mol. The molecule has 3 N–H and O–H groups in total. The Labute approximate surface area is 154 Å². The predicted octanol–water partition coefficient (Wildman–Crippen LogP) is 2.33. The zero-order chi connectivity index (χ0) is 18.9. The van der Waals surface area contributed by atoms with Gasteiger partial charge in [0.1, 0.15) is 0 Å². The zero-order valence-electron chi connectivity index (χ0n) is 15.4. The Bertz CT molecular complexity index is 747. The van der Waals surface area contributed by atoms with Gasteiger partial charge in [-0.25, -0.2) is 4.79 Å². The summed E-state index contributed by atoms with van der Waals surface area (Å²) >= 11 is 0. The molecule has 0 atom stereocenters. The Kier molecular flexibility index (Phi) is 7.14. The van der Waals surface area contributed by atoms with E-state index >= 15 is 0 Å². The van der Waals surface area contributed by atoms with Gasteiger partial charge in [0.2, 0.25) is 5.91 Å². The highest BCUT2D eigenvalue weighted by Gasteiger charge is 2.14. The van der Waals surface area contributed by atoms with Gasteiger partial charge in [0.15, 0.2) is 0 Å². The van der Waals surface area contributed by atoms with Crippen molar-refractivity contribution >= 4 is 11.9 Å². The van der Waals surface area contributed by atoms with E-state index in [0.29, 0.717) is 19.6 Å². The summed E-state index contributed by atoms with van der Waals surface area (Å²) in [7, 11) is 0. The molecule has 0 fully saturated rings. The molecule has 1 aromatic carbocycles. The second kappa shape index (κ2) is 9.56. The number of aromatic nitrogens is 1. The predicted molar refractivity (Wildman–Crippen MR) is 101 cm³/mol. The van der Waals surface area contributed by atoms with E-state index in [1.165, 1.54) is 0 Å². The summed E-state index contributed by atoms with van der Waals surface area (Å²) in [5.41, 5.74) is 9.39. The molecule has 3 amide bonds. The fraction of sp³-hybridized carbons (Fsp3) is 0.350. The highest BCUT2D eigenvalue weighted by molar-refractivity contribution is 5.77. The summed E-state index contributed by atoms with van der Waals surface area (Å²) in [5, 5.41) is 2.91. The van der Waals surface area contributed by atoms with E-state index in [9.17, 15) is 9.59 Å². The summed E-state index contributed by atoms with van der Waals surface area (Å²) in [5.74, 6) is -0.416. The van der Waals surface area contributed by atoms with Gasteiger partial charge in [-0.15, -0.1) is 0 Å². The first-order valence-corrected chi connectivity index (χ1v) is 8.73. The molecule has 0 bridgehead atoms. The highest BCUT2D eigenvalue weighted by Crippen LogP contribution is 2.08. The fourth-order valence-electron chi connectivity index (χ4n) is 2.66. The number of nitrogens with one attached hydrogen (secondary N) is 1. The van der Waals surface area contributed by atoms with Gasteiger partial charge in [0, 0.05) is 37.9 Å². The number of aryl methyl sites for hydroxylation is 2. The Balaban J connectivity index is 1.96. The van der Waals surface area contributed by atoms with E-state index in [-0.39, 0.29) is 12.5 Å². The molecular weight excluding hydrogens is 328 g/mol. The molecular formula is C20H26N4O2. The van der Waals surface area contributed by atoms with E-state index in [4.69, 9.17) is 5.73 Å². The molecule has 1 aromatic heterocycles. The minimum atomic E-state index is -0.416. The van der Waals surface area contributed by atoms with Crippen LogP contribution < -0.4 is 11.1 Å². The summed E-state index contributed by atoms with van der Waals surface area (Å²) in [6.07, 6.45) is 2.65. The third-order valence-corrected chi connectivity index (χ3v) is 4.21. The SMILES string of the molecule is Cc1cc(C)c(CNC(=O)N(CCC(N)=O)CCc2ccccc2)cn1. The van der Waals surface area contributed by atoms with Gasteiger partial charge in [0.05, 0.1) is 0 Å². The Morgan fingerprint density at radius 2 is 1.88 bits per heavy atom. The lowest BCUT2D eigenvalue weighted by Crippen LogP contribution is -2.42. The van der Waals surface area contributed by atoms with Crippen LogP contribution in [0.15, 0.2) is 42.6 Å². The molecule has 0 radical (unpaired) electrons. The summed E-state index contributed by atoms with van der Waals surface area (Å²) in [4.78, 5) is 29.6. The second-order valence-electron chi connectivity index (χ2n) is 6.35. The third kappa shape index (κ3) is 6.20. The summed E-state index contributed by atoms with van der Waals surface area (Å²) < 4.78 is 0. The molecule has 0 aliphatic heterocycles. The Hall–Kier alpha value is -2.89. The van der Waals surface area contributed by atoms with Crippen molar-refractivity contribution in [2.45, 2.75) is 33.2 Å². The van der Waals surface area contributed by atoms with Crippen molar-refractivity contribution in [3.63, 3.8) is 0 Å². The van der Waals surface area contributed by atoms with Gasteiger partial charge in [-0.2, -0.15) is 0 Å². The molecule has 6 nitrogen and oxygen atoms in total. The van der Waals surface area contributed by atoms with Crippen molar-refractivity contribution in [1.82, 2.24) is 15.2 Å². The molecule has 1 heterocycles. The number of amides is 3. The Morgan fingerprint density at radius 3 is 2.54 bits per heavy atom. The average Bonchev–Trinajstić information content (AvgIpc) is 2.61. The van der Waals surface area contributed by atoms with Crippen LogP contribution in [0.5, 0.6) is 0 Å². The monoisotopic (exact) mass is 354 g/mol. The van der Waals surface area contributed by atoms with E-state index in [1.54, 1.807) is 11.1 Å². The number of benzene rings is 1. The van der Waals surface area contributed by atoms with Crippen LogP contribution in [0.3, 0.4) is 0 Å². The van der Waals surface area contributed by atoms with Gasteiger partial charge < -0.3 is 16.0 Å². The van der Waals surface area contributed by atoms with Gasteiger partial charge in [-0.3, -0.25) is 9.78 Å². The molecule has 0 unspecified atom stereocenters. The first kappa shape index (κ1) is 19.4. The number of urea groups is 1. The molecule has 0 aliphatic rings. The van der Waals surface area contributed by atoms with Crippen LogP contribution in [0.4, 0.5) is 4.79 Å². The molecule has 26 heavy (non-hydrogen) atoms. The zero-order valence-corrected chi connectivity index (χ0v) is 15.4.